The molecule has 0 saturated carbocycles. The molecule has 2 N–H and O–H groups in total. The molecule has 0 spiro atoms. The van der Waals surface area contributed by atoms with Crippen molar-refractivity contribution in [1.82, 2.24) is 9.80 Å². The fraction of sp³-hybridized carbons (Fsp3) is 0.900. The fourth-order valence-electron chi connectivity index (χ4n) is 1.74. The lowest BCUT2D eigenvalue weighted by atomic mass is 10.2. The van der Waals surface area contributed by atoms with Gasteiger partial charge in [0.1, 0.15) is 0 Å². The number of hydrogen-bond donors (Lipinski definition) is 1. The predicted octanol–water partition coefficient (Wildman–Crippen LogP) is 0.108. The molecule has 0 aromatic heterocycles. The standard InChI is InChI=1S/C10H21N3O2/c1-3-12(5-4-11)10(14)13-6-7-15-8-9(13)2/h9H,3-8,11H2,1-2H3. The van der Waals surface area contributed by atoms with Crippen LogP contribution in [0.15, 0.2) is 0 Å². The Morgan fingerprint density at radius 1 is 1.67 bits per heavy atom. The van der Waals surface area contributed by atoms with Crippen molar-refractivity contribution < 1.29 is 9.53 Å². The molecule has 15 heavy (non-hydrogen) atoms. The smallest absolute Gasteiger partial charge is 0.320 e. The third-order valence-electron chi connectivity index (χ3n) is 2.66. The summed E-state index contributed by atoms with van der Waals surface area (Å²) in [4.78, 5) is 15.7. The van der Waals surface area contributed by atoms with Crippen molar-refractivity contribution in [3.8, 4) is 0 Å². The van der Waals surface area contributed by atoms with Crippen molar-refractivity contribution in [2.75, 3.05) is 39.4 Å². The third kappa shape index (κ3) is 3.07. The molecule has 0 aliphatic carbocycles. The molecule has 5 nitrogen and oxygen atoms in total. The van der Waals surface area contributed by atoms with Gasteiger partial charge in [0.15, 0.2) is 0 Å². The number of carbonyl (C=O) groups is 1. The van der Waals surface area contributed by atoms with Crippen LogP contribution >= 0.6 is 0 Å². The first-order valence-electron chi connectivity index (χ1n) is 5.54. The summed E-state index contributed by atoms with van der Waals surface area (Å²) < 4.78 is 5.30. The van der Waals surface area contributed by atoms with Crippen LogP contribution in [0, 0.1) is 0 Å². The van der Waals surface area contributed by atoms with Crippen LogP contribution < -0.4 is 5.73 Å². The highest BCUT2D eigenvalue weighted by molar-refractivity contribution is 5.74. The molecule has 0 bridgehead atoms. The van der Waals surface area contributed by atoms with Gasteiger partial charge in [0.25, 0.3) is 0 Å². The molecule has 2 amide bonds. The molecule has 88 valence electrons. The fourth-order valence-corrected chi connectivity index (χ4v) is 1.74. The summed E-state index contributed by atoms with van der Waals surface area (Å²) in [7, 11) is 0. The van der Waals surface area contributed by atoms with E-state index in [1.54, 1.807) is 4.90 Å². The summed E-state index contributed by atoms with van der Waals surface area (Å²) in [5.74, 6) is 0. The van der Waals surface area contributed by atoms with Gasteiger partial charge in [0.2, 0.25) is 0 Å². The Labute approximate surface area is 91.2 Å². The number of hydrogen-bond acceptors (Lipinski definition) is 3. The van der Waals surface area contributed by atoms with Crippen LogP contribution in [0.5, 0.6) is 0 Å². The number of morpholine rings is 1. The van der Waals surface area contributed by atoms with Crippen molar-refractivity contribution in [1.29, 1.82) is 0 Å². The van der Waals surface area contributed by atoms with E-state index in [9.17, 15) is 4.79 Å². The minimum Gasteiger partial charge on any atom is -0.377 e. The summed E-state index contributed by atoms with van der Waals surface area (Å²) in [5.41, 5.74) is 5.47. The number of urea groups is 1. The molecule has 1 heterocycles. The second-order valence-electron chi connectivity index (χ2n) is 3.77. The summed E-state index contributed by atoms with van der Waals surface area (Å²) in [5, 5.41) is 0. The van der Waals surface area contributed by atoms with Gasteiger partial charge in [-0.25, -0.2) is 4.79 Å². The molecule has 1 atom stereocenters. The number of carbonyl (C=O) groups excluding carboxylic acids is 1. The van der Waals surface area contributed by atoms with Gasteiger partial charge in [0, 0.05) is 26.2 Å². The van der Waals surface area contributed by atoms with E-state index in [2.05, 4.69) is 0 Å². The van der Waals surface area contributed by atoms with Gasteiger partial charge in [-0.3, -0.25) is 0 Å². The maximum atomic E-state index is 12.1. The molecule has 1 saturated heterocycles. The Balaban J connectivity index is 2.55. The molecule has 0 aromatic carbocycles. The van der Waals surface area contributed by atoms with Gasteiger partial charge in [0.05, 0.1) is 19.3 Å². The molecule has 1 rings (SSSR count). The summed E-state index contributed by atoms with van der Waals surface area (Å²) in [6.45, 7) is 7.77. The van der Waals surface area contributed by atoms with E-state index in [0.717, 1.165) is 0 Å². The first-order valence-corrected chi connectivity index (χ1v) is 5.54. The zero-order valence-electron chi connectivity index (χ0n) is 9.61. The Morgan fingerprint density at radius 3 is 2.93 bits per heavy atom. The molecular weight excluding hydrogens is 194 g/mol. The van der Waals surface area contributed by atoms with E-state index in [1.807, 2.05) is 18.7 Å². The third-order valence-corrected chi connectivity index (χ3v) is 2.66. The first-order chi connectivity index (χ1) is 7.20. The molecule has 1 aliphatic heterocycles. The maximum absolute atomic E-state index is 12.1. The molecule has 0 radical (unpaired) electrons. The molecule has 1 unspecified atom stereocenters. The van der Waals surface area contributed by atoms with Crippen molar-refractivity contribution in [2.45, 2.75) is 19.9 Å². The van der Waals surface area contributed by atoms with Gasteiger partial charge in [-0.05, 0) is 13.8 Å². The average Bonchev–Trinajstić information content (AvgIpc) is 2.25. The number of likely N-dealkylation sites (N-methyl/N-ethyl adjacent to an activating group) is 1. The second kappa shape index (κ2) is 5.92. The molecule has 1 fully saturated rings. The highest BCUT2D eigenvalue weighted by Crippen LogP contribution is 2.09. The quantitative estimate of drug-likeness (QED) is 0.727. The number of rotatable bonds is 3. The minimum absolute atomic E-state index is 0.0822. The van der Waals surface area contributed by atoms with Gasteiger partial charge in [-0.15, -0.1) is 0 Å². The largest absolute Gasteiger partial charge is 0.377 e. The molecular formula is C10H21N3O2. The topological polar surface area (TPSA) is 58.8 Å². The summed E-state index contributed by atoms with van der Waals surface area (Å²) >= 11 is 0. The zero-order chi connectivity index (χ0) is 11.3. The van der Waals surface area contributed by atoms with Gasteiger partial charge >= 0.3 is 6.03 Å². The lowest BCUT2D eigenvalue weighted by Gasteiger charge is -2.36. The van der Waals surface area contributed by atoms with Gasteiger partial charge < -0.3 is 20.3 Å². The zero-order valence-corrected chi connectivity index (χ0v) is 9.61. The first kappa shape index (κ1) is 12.3. The summed E-state index contributed by atoms with van der Waals surface area (Å²) in [6, 6.07) is 0.247. The lowest BCUT2D eigenvalue weighted by Crippen LogP contribution is -2.53. The van der Waals surface area contributed by atoms with Crippen LogP contribution in [-0.2, 0) is 4.74 Å². The van der Waals surface area contributed by atoms with E-state index < -0.39 is 0 Å². The molecule has 5 heteroatoms. The van der Waals surface area contributed by atoms with E-state index in [-0.39, 0.29) is 12.1 Å². The lowest BCUT2D eigenvalue weighted by molar-refractivity contribution is 0.0108. The normalized spacial score (nSPS) is 21.5. The Bertz CT molecular complexity index is 211. The Hall–Kier alpha value is -0.810. The molecule has 1 aliphatic rings. The van der Waals surface area contributed by atoms with Crippen molar-refractivity contribution in [2.24, 2.45) is 5.73 Å². The minimum atomic E-state index is 0.0822. The average molecular weight is 215 g/mol. The SMILES string of the molecule is CCN(CCN)C(=O)N1CCOCC1C. The van der Waals surface area contributed by atoms with Crippen LogP contribution in [0.2, 0.25) is 0 Å². The van der Waals surface area contributed by atoms with Crippen LogP contribution in [0.25, 0.3) is 0 Å². The molecule has 0 aromatic rings. The second-order valence-corrected chi connectivity index (χ2v) is 3.77. The summed E-state index contributed by atoms with van der Waals surface area (Å²) in [6.07, 6.45) is 0. The van der Waals surface area contributed by atoms with Crippen molar-refractivity contribution in [3.63, 3.8) is 0 Å². The number of amides is 2. The Kier molecular flexibility index (Phi) is 4.84. The van der Waals surface area contributed by atoms with Gasteiger partial charge in [-0.1, -0.05) is 0 Å². The van der Waals surface area contributed by atoms with Crippen molar-refractivity contribution in [3.05, 3.63) is 0 Å². The van der Waals surface area contributed by atoms with E-state index in [1.165, 1.54) is 0 Å². The predicted molar refractivity (Wildman–Crippen MR) is 58.7 cm³/mol. The van der Waals surface area contributed by atoms with Crippen LogP contribution in [0.1, 0.15) is 13.8 Å². The van der Waals surface area contributed by atoms with Crippen molar-refractivity contribution >= 4 is 6.03 Å². The number of nitrogens with two attached hydrogens (primary N) is 1. The van der Waals surface area contributed by atoms with Crippen LogP contribution in [0.4, 0.5) is 4.79 Å². The van der Waals surface area contributed by atoms with E-state index in [4.69, 9.17) is 10.5 Å². The van der Waals surface area contributed by atoms with Gasteiger partial charge in [-0.2, -0.15) is 0 Å². The number of nitrogens with zero attached hydrogens (tertiary/aromatic N) is 2. The highest BCUT2D eigenvalue weighted by Gasteiger charge is 2.26. The maximum Gasteiger partial charge on any atom is 0.320 e. The number of ether oxygens (including phenoxy) is 1. The van der Waals surface area contributed by atoms with E-state index in [0.29, 0.717) is 39.4 Å². The monoisotopic (exact) mass is 215 g/mol. The van der Waals surface area contributed by atoms with E-state index >= 15 is 0 Å². The highest BCUT2D eigenvalue weighted by atomic mass is 16.5. The van der Waals surface area contributed by atoms with Crippen LogP contribution in [-0.4, -0.2) is 61.3 Å². The van der Waals surface area contributed by atoms with Crippen LogP contribution in [0.3, 0.4) is 0 Å². The Morgan fingerprint density at radius 2 is 2.40 bits per heavy atom.